The summed E-state index contributed by atoms with van der Waals surface area (Å²) >= 11 is 0. The average Bonchev–Trinajstić information content (AvgIpc) is 2.41. The molecule has 0 fully saturated rings. The molecule has 1 heterocycles. The van der Waals surface area contributed by atoms with Gasteiger partial charge in [0.15, 0.2) is 17.3 Å². The molecule has 3 aromatic rings. The summed E-state index contributed by atoms with van der Waals surface area (Å²) < 4.78 is 0. The van der Waals surface area contributed by atoms with Crippen molar-refractivity contribution in [2.45, 2.75) is 0 Å². The molecule has 2 N–H and O–H groups in total. The Hall–Kier alpha value is -2.62. The van der Waals surface area contributed by atoms with E-state index in [-0.39, 0.29) is 11.5 Å². The standard InChI is InChI=1S/C14H10N2O2/c17-12-6-10-8-15-14(9-4-2-1-3-5-9)16-11(10)7-13(12)18/h1-8,17-18H. The lowest BCUT2D eigenvalue weighted by molar-refractivity contribution is 0.405. The van der Waals surface area contributed by atoms with E-state index < -0.39 is 0 Å². The van der Waals surface area contributed by atoms with Gasteiger partial charge in [-0.3, -0.25) is 0 Å². The maximum Gasteiger partial charge on any atom is 0.159 e. The monoisotopic (exact) mass is 238 g/mol. The number of phenols is 2. The van der Waals surface area contributed by atoms with Gasteiger partial charge in [0.2, 0.25) is 0 Å². The van der Waals surface area contributed by atoms with Crippen molar-refractivity contribution in [3.63, 3.8) is 0 Å². The van der Waals surface area contributed by atoms with Crippen molar-refractivity contribution in [1.82, 2.24) is 9.97 Å². The van der Waals surface area contributed by atoms with Crippen LogP contribution in [-0.4, -0.2) is 20.2 Å². The van der Waals surface area contributed by atoms with Crippen LogP contribution in [0, 0.1) is 0 Å². The number of aromatic nitrogens is 2. The van der Waals surface area contributed by atoms with Crippen LogP contribution in [0.4, 0.5) is 0 Å². The zero-order valence-electron chi connectivity index (χ0n) is 9.41. The SMILES string of the molecule is Oc1cc2cnc(-c3ccccc3)nc2cc1O. The molecule has 18 heavy (non-hydrogen) atoms. The van der Waals surface area contributed by atoms with Gasteiger partial charge in [-0.1, -0.05) is 30.3 Å². The van der Waals surface area contributed by atoms with Crippen molar-refractivity contribution < 1.29 is 10.2 Å². The van der Waals surface area contributed by atoms with Crippen molar-refractivity contribution in [3.8, 4) is 22.9 Å². The van der Waals surface area contributed by atoms with Crippen molar-refractivity contribution >= 4 is 10.9 Å². The fourth-order valence-corrected chi connectivity index (χ4v) is 1.78. The molecule has 0 aliphatic rings. The first-order valence-electron chi connectivity index (χ1n) is 5.48. The quantitative estimate of drug-likeness (QED) is 0.640. The van der Waals surface area contributed by atoms with E-state index in [0.717, 1.165) is 5.56 Å². The maximum atomic E-state index is 9.47. The number of phenolic OH excluding ortho intramolecular Hbond substituents is 2. The van der Waals surface area contributed by atoms with Crippen LogP contribution in [0.3, 0.4) is 0 Å². The third kappa shape index (κ3) is 1.73. The second kappa shape index (κ2) is 4.00. The normalized spacial score (nSPS) is 10.7. The highest BCUT2D eigenvalue weighted by Crippen LogP contribution is 2.29. The first-order valence-corrected chi connectivity index (χ1v) is 5.48. The number of hydrogen-bond donors (Lipinski definition) is 2. The second-order valence-electron chi connectivity index (χ2n) is 3.96. The lowest BCUT2D eigenvalue weighted by Gasteiger charge is -2.04. The van der Waals surface area contributed by atoms with Crippen LogP contribution in [0.5, 0.6) is 11.5 Å². The Balaban J connectivity index is 2.20. The van der Waals surface area contributed by atoms with Crippen LogP contribution in [0.1, 0.15) is 0 Å². The van der Waals surface area contributed by atoms with Gasteiger partial charge in [-0.05, 0) is 6.07 Å². The molecule has 0 unspecified atom stereocenters. The van der Waals surface area contributed by atoms with E-state index in [0.29, 0.717) is 16.7 Å². The number of aromatic hydroxyl groups is 2. The molecule has 2 aromatic carbocycles. The number of rotatable bonds is 1. The molecule has 1 aromatic heterocycles. The molecule has 0 aliphatic carbocycles. The molecule has 4 nitrogen and oxygen atoms in total. The molecule has 88 valence electrons. The van der Waals surface area contributed by atoms with Gasteiger partial charge in [-0.15, -0.1) is 0 Å². The Morgan fingerprint density at radius 1 is 0.889 bits per heavy atom. The molecule has 0 aliphatic heterocycles. The highest BCUT2D eigenvalue weighted by molar-refractivity contribution is 5.83. The van der Waals surface area contributed by atoms with E-state index >= 15 is 0 Å². The van der Waals surface area contributed by atoms with Crippen LogP contribution in [0.2, 0.25) is 0 Å². The number of fused-ring (bicyclic) bond motifs is 1. The van der Waals surface area contributed by atoms with Crippen molar-refractivity contribution in [1.29, 1.82) is 0 Å². The summed E-state index contributed by atoms with van der Waals surface area (Å²) in [6.45, 7) is 0. The molecule has 0 atom stereocenters. The molecule has 0 saturated heterocycles. The smallest absolute Gasteiger partial charge is 0.159 e. The molecular formula is C14H10N2O2. The van der Waals surface area contributed by atoms with Crippen LogP contribution in [0.25, 0.3) is 22.3 Å². The van der Waals surface area contributed by atoms with Gasteiger partial charge in [0.1, 0.15) is 0 Å². The second-order valence-corrected chi connectivity index (χ2v) is 3.96. The summed E-state index contributed by atoms with van der Waals surface area (Å²) in [5, 5.41) is 19.6. The van der Waals surface area contributed by atoms with Crippen LogP contribution >= 0.6 is 0 Å². The minimum Gasteiger partial charge on any atom is -0.504 e. The lowest BCUT2D eigenvalue weighted by Crippen LogP contribution is -1.89. The van der Waals surface area contributed by atoms with Gasteiger partial charge < -0.3 is 10.2 Å². The summed E-state index contributed by atoms with van der Waals surface area (Å²) in [7, 11) is 0. The molecule has 0 bridgehead atoms. The van der Waals surface area contributed by atoms with Crippen LogP contribution in [0.15, 0.2) is 48.7 Å². The van der Waals surface area contributed by atoms with Crippen molar-refractivity contribution in [2.75, 3.05) is 0 Å². The Morgan fingerprint density at radius 2 is 1.61 bits per heavy atom. The van der Waals surface area contributed by atoms with Crippen molar-refractivity contribution in [3.05, 3.63) is 48.7 Å². The molecular weight excluding hydrogens is 228 g/mol. The zero-order chi connectivity index (χ0) is 12.5. The zero-order valence-corrected chi connectivity index (χ0v) is 9.41. The van der Waals surface area contributed by atoms with E-state index in [1.54, 1.807) is 6.20 Å². The predicted octanol–water partition coefficient (Wildman–Crippen LogP) is 2.71. The van der Waals surface area contributed by atoms with Crippen molar-refractivity contribution in [2.24, 2.45) is 0 Å². The third-order valence-corrected chi connectivity index (χ3v) is 2.71. The summed E-state index contributed by atoms with van der Waals surface area (Å²) in [6, 6.07) is 12.5. The summed E-state index contributed by atoms with van der Waals surface area (Å²) in [5.74, 6) is 0.243. The lowest BCUT2D eigenvalue weighted by atomic mass is 10.2. The highest BCUT2D eigenvalue weighted by atomic mass is 16.3. The Morgan fingerprint density at radius 3 is 2.39 bits per heavy atom. The molecule has 0 radical (unpaired) electrons. The van der Waals surface area contributed by atoms with Gasteiger partial charge in [0.05, 0.1) is 5.52 Å². The van der Waals surface area contributed by atoms with E-state index in [9.17, 15) is 10.2 Å². The van der Waals surface area contributed by atoms with E-state index in [1.807, 2.05) is 30.3 Å². The highest BCUT2D eigenvalue weighted by Gasteiger charge is 2.06. The van der Waals surface area contributed by atoms with Gasteiger partial charge in [-0.2, -0.15) is 0 Å². The Bertz CT molecular complexity index is 712. The number of benzene rings is 2. The summed E-state index contributed by atoms with van der Waals surface area (Å²) in [6.07, 6.45) is 1.63. The third-order valence-electron chi connectivity index (χ3n) is 2.71. The van der Waals surface area contributed by atoms with Gasteiger partial charge >= 0.3 is 0 Å². The van der Waals surface area contributed by atoms with E-state index in [4.69, 9.17) is 0 Å². The topological polar surface area (TPSA) is 66.2 Å². The maximum absolute atomic E-state index is 9.47. The molecule has 0 spiro atoms. The predicted molar refractivity (Wildman–Crippen MR) is 68.3 cm³/mol. The Kier molecular flexibility index (Phi) is 2.34. The number of hydrogen-bond acceptors (Lipinski definition) is 4. The van der Waals surface area contributed by atoms with E-state index in [2.05, 4.69) is 9.97 Å². The van der Waals surface area contributed by atoms with Crippen LogP contribution in [-0.2, 0) is 0 Å². The van der Waals surface area contributed by atoms with Gasteiger partial charge in [0.25, 0.3) is 0 Å². The fraction of sp³-hybridized carbons (Fsp3) is 0. The van der Waals surface area contributed by atoms with Gasteiger partial charge in [-0.25, -0.2) is 9.97 Å². The molecule has 3 rings (SSSR count). The average molecular weight is 238 g/mol. The minimum absolute atomic E-state index is 0.168. The summed E-state index contributed by atoms with van der Waals surface area (Å²) in [5.41, 5.74) is 1.51. The first-order chi connectivity index (χ1) is 8.74. The largest absolute Gasteiger partial charge is 0.504 e. The van der Waals surface area contributed by atoms with Crippen LogP contribution < -0.4 is 0 Å². The fourth-order valence-electron chi connectivity index (χ4n) is 1.78. The number of nitrogens with zero attached hydrogens (tertiary/aromatic N) is 2. The molecule has 0 amide bonds. The van der Waals surface area contributed by atoms with E-state index in [1.165, 1.54) is 12.1 Å². The molecule has 0 saturated carbocycles. The Labute approximate surface area is 103 Å². The molecule has 4 heteroatoms. The van der Waals surface area contributed by atoms with Gasteiger partial charge in [0, 0.05) is 23.2 Å². The minimum atomic E-state index is -0.180. The first kappa shape index (κ1) is 10.5. The summed E-state index contributed by atoms with van der Waals surface area (Å²) in [4.78, 5) is 8.61.